The largest absolute Gasteiger partial charge is 0.479 e. The summed E-state index contributed by atoms with van der Waals surface area (Å²) in [5, 5.41) is 9.81. The topological polar surface area (TPSA) is 66.8 Å². The maximum absolute atomic E-state index is 12.1. The molecule has 1 aromatic rings. The molecule has 1 heterocycles. The van der Waals surface area contributed by atoms with Crippen LogP contribution < -0.4 is 0 Å². The summed E-state index contributed by atoms with van der Waals surface area (Å²) in [6.07, 6.45) is 0.728. The molecule has 1 aliphatic heterocycles. The van der Waals surface area contributed by atoms with Crippen LogP contribution in [0.3, 0.4) is 0 Å². The molecule has 1 amide bonds. The molecule has 2 aliphatic rings. The highest BCUT2D eigenvalue weighted by Gasteiger charge is 2.48. The van der Waals surface area contributed by atoms with Crippen molar-refractivity contribution in [1.82, 2.24) is 4.90 Å². The van der Waals surface area contributed by atoms with Gasteiger partial charge >= 0.3 is 5.97 Å². The average molecular weight is 296 g/mol. The predicted octanol–water partition coefficient (Wildman–Crippen LogP) is 1.86. The molecule has 6 heteroatoms. The summed E-state index contributed by atoms with van der Waals surface area (Å²) in [6, 6.07) is 6.45. The van der Waals surface area contributed by atoms with Gasteiger partial charge in [0.1, 0.15) is 6.61 Å². The minimum atomic E-state index is -1.08. The summed E-state index contributed by atoms with van der Waals surface area (Å²) in [4.78, 5) is 25.2. The number of nitrogens with zero attached hydrogens (tertiary/aromatic N) is 1. The normalized spacial score (nSPS) is 26.6. The van der Waals surface area contributed by atoms with Crippen LogP contribution >= 0.6 is 11.6 Å². The molecule has 2 atom stereocenters. The zero-order valence-corrected chi connectivity index (χ0v) is 11.4. The van der Waals surface area contributed by atoms with E-state index in [0.717, 1.165) is 12.8 Å². The summed E-state index contributed by atoms with van der Waals surface area (Å²) >= 11 is 6.18. The van der Waals surface area contributed by atoms with E-state index < -0.39 is 18.1 Å². The van der Waals surface area contributed by atoms with Gasteiger partial charge in [0.05, 0.1) is 6.04 Å². The lowest BCUT2D eigenvalue weighted by molar-refractivity contribution is -0.174. The maximum Gasteiger partial charge on any atom is 0.335 e. The zero-order chi connectivity index (χ0) is 14.3. The number of amides is 1. The second-order valence-corrected chi connectivity index (χ2v) is 5.48. The number of rotatable bonds is 3. The van der Waals surface area contributed by atoms with Gasteiger partial charge in [-0.05, 0) is 24.5 Å². The summed E-state index contributed by atoms with van der Waals surface area (Å²) < 4.78 is 5.23. The van der Waals surface area contributed by atoms with Crippen molar-refractivity contribution in [2.45, 2.75) is 31.0 Å². The first-order chi connectivity index (χ1) is 9.59. The molecule has 106 valence electrons. The third kappa shape index (κ3) is 2.27. The van der Waals surface area contributed by atoms with E-state index in [9.17, 15) is 14.7 Å². The van der Waals surface area contributed by atoms with Crippen molar-refractivity contribution < 1.29 is 19.4 Å². The Balaban J connectivity index is 2.05. The van der Waals surface area contributed by atoms with Crippen molar-refractivity contribution in [1.29, 1.82) is 0 Å². The Hall–Kier alpha value is -1.59. The van der Waals surface area contributed by atoms with Gasteiger partial charge in [-0.2, -0.15) is 0 Å². The number of carbonyl (C=O) groups is 2. The van der Waals surface area contributed by atoms with Crippen molar-refractivity contribution in [3.63, 3.8) is 0 Å². The van der Waals surface area contributed by atoms with Gasteiger partial charge in [0, 0.05) is 11.1 Å². The van der Waals surface area contributed by atoms with Crippen molar-refractivity contribution in [2.24, 2.45) is 0 Å². The quantitative estimate of drug-likeness (QED) is 0.924. The van der Waals surface area contributed by atoms with Gasteiger partial charge in [0.15, 0.2) is 6.10 Å². The van der Waals surface area contributed by atoms with E-state index in [2.05, 4.69) is 0 Å². The van der Waals surface area contributed by atoms with Crippen LogP contribution in [0.4, 0.5) is 0 Å². The van der Waals surface area contributed by atoms with Crippen molar-refractivity contribution in [3.8, 4) is 0 Å². The summed E-state index contributed by atoms with van der Waals surface area (Å²) in [6.45, 7) is -0.186. The van der Waals surface area contributed by atoms with Crippen LogP contribution in [0.2, 0.25) is 5.02 Å². The van der Waals surface area contributed by atoms with Gasteiger partial charge in [0.25, 0.3) is 0 Å². The highest BCUT2D eigenvalue weighted by molar-refractivity contribution is 6.31. The van der Waals surface area contributed by atoms with Crippen LogP contribution in [0.15, 0.2) is 24.3 Å². The molecule has 1 N–H and O–H groups in total. The minimum absolute atomic E-state index is 0.106. The number of carbonyl (C=O) groups excluding carboxylic acids is 1. The first kappa shape index (κ1) is 13.4. The molecular formula is C14H14ClNO4. The van der Waals surface area contributed by atoms with Crippen molar-refractivity contribution in [3.05, 3.63) is 34.9 Å². The molecule has 2 unspecified atom stereocenters. The Morgan fingerprint density at radius 3 is 2.65 bits per heavy atom. The molecule has 2 fully saturated rings. The summed E-state index contributed by atoms with van der Waals surface area (Å²) in [5.41, 5.74) is 0.626. The fraction of sp³-hybridized carbons (Fsp3) is 0.429. The molecule has 20 heavy (non-hydrogen) atoms. The molecule has 0 spiro atoms. The van der Waals surface area contributed by atoms with Gasteiger partial charge in [-0.25, -0.2) is 4.79 Å². The Bertz CT molecular complexity index is 558. The number of halogens is 1. The standard InChI is InChI=1S/C14H14ClNO4/c15-10-4-2-1-3-9(10)12-13(14(18)19)20-7-11(17)16(12)8-5-6-8/h1-4,8,12-13H,5-7H2,(H,18,19). The number of morpholine rings is 1. The number of carboxylic acids is 1. The van der Waals surface area contributed by atoms with Crippen LogP contribution in [0.5, 0.6) is 0 Å². The molecule has 1 saturated heterocycles. The molecular weight excluding hydrogens is 282 g/mol. The van der Waals surface area contributed by atoms with E-state index >= 15 is 0 Å². The van der Waals surface area contributed by atoms with E-state index in [0.29, 0.717) is 10.6 Å². The monoisotopic (exact) mass is 295 g/mol. The van der Waals surface area contributed by atoms with E-state index in [1.807, 2.05) is 0 Å². The molecule has 3 rings (SSSR count). The first-order valence-electron chi connectivity index (χ1n) is 6.49. The number of carboxylic acid groups (broad SMARTS) is 1. The zero-order valence-electron chi connectivity index (χ0n) is 10.7. The van der Waals surface area contributed by atoms with Crippen molar-refractivity contribution >= 4 is 23.5 Å². The van der Waals surface area contributed by atoms with E-state index in [1.54, 1.807) is 29.2 Å². The van der Waals surface area contributed by atoms with Crippen LogP contribution in [0.1, 0.15) is 24.4 Å². The summed E-state index contributed by atoms with van der Waals surface area (Å²) in [7, 11) is 0. The number of aliphatic carboxylic acids is 1. The SMILES string of the molecule is O=C(O)C1OCC(=O)N(C2CC2)C1c1ccccc1Cl. The van der Waals surface area contributed by atoms with E-state index in [-0.39, 0.29) is 18.6 Å². The average Bonchev–Trinajstić information content (AvgIpc) is 3.23. The molecule has 5 nitrogen and oxygen atoms in total. The lowest BCUT2D eigenvalue weighted by atomic mass is 9.97. The number of benzene rings is 1. The van der Waals surface area contributed by atoms with Crippen LogP contribution in [-0.4, -0.2) is 40.6 Å². The Kier molecular flexibility index (Phi) is 3.40. The van der Waals surface area contributed by atoms with Crippen molar-refractivity contribution in [2.75, 3.05) is 6.61 Å². The highest BCUT2D eigenvalue weighted by atomic mass is 35.5. The highest BCUT2D eigenvalue weighted by Crippen LogP contribution is 2.41. The molecule has 0 bridgehead atoms. The second kappa shape index (κ2) is 5.07. The molecule has 1 aromatic carbocycles. The molecule has 1 aliphatic carbocycles. The van der Waals surface area contributed by atoms with Crippen LogP contribution in [0.25, 0.3) is 0 Å². The van der Waals surface area contributed by atoms with Gasteiger partial charge in [-0.1, -0.05) is 29.8 Å². The molecule has 0 aromatic heterocycles. The maximum atomic E-state index is 12.1. The Morgan fingerprint density at radius 1 is 1.35 bits per heavy atom. The third-order valence-corrected chi connectivity index (χ3v) is 4.01. The molecule has 0 radical (unpaired) electrons. The first-order valence-corrected chi connectivity index (χ1v) is 6.87. The van der Waals surface area contributed by atoms with Gasteiger partial charge in [0.2, 0.25) is 5.91 Å². The third-order valence-electron chi connectivity index (χ3n) is 3.67. The lowest BCUT2D eigenvalue weighted by Crippen LogP contribution is -2.52. The van der Waals surface area contributed by atoms with Gasteiger partial charge in [-0.15, -0.1) is 0 Å². The number of hydrogen-bond acceptors (Lipinski definition) is 3. The minimum Gasteiger partial charge on any atom is -0.479 e. The van der Waals surface area contributed by atoms with Crippen LogP contribution in [-0.2, 0) is 14.3 Å². The fourth-order valence-corrected chi connectivity index (χ4v) is 2.89. The summed E-state index contributed by atoms with van der Waals surface area (Å²) in [5.74, 6) is -1.25. The van der Waals surface area contributed by atoms with Gasteiger partial charge < -0.3 is 14.7 Å². The fourth-order valence-electron chi connectivity index (χ4n) is 2.65. The Morgan fingerprint density at radius 2 is 2.05 bits per heavy atom. The van der Waals surface area contributed by atoms with Gasteiger partial charge in [-0.3, -0.25) is 4.79 Å². The number of ether oxygens (including phenoxy) is 1. The smallest absolute Gasteiger partial charge is 0.335 e. The molecule has 1 saturated carbocycles. The predicted molar refractivity (Wildman–Crippen MR) is 71.4 cm³/mol. The second-order valence-electron chi connectivity index (χ2n) is 5.07. The van der Waals surface area contributed by atoms with E-state index in [1.165, 1.54) is 0 Å². The van der Waals surface area contributed by atoms with Crippen LogP contribution in [0, 0.1) is 0 Å². The lowest BCUT2D eigenvalue weighted by Gasteiger charge is -2.40. The van der Waals surface area contributed by atoms with E-state index in [4.69, 9.17) is 16.3 Å². The number of hydrogen-bond donors (Lipinski definition) is 1. The Labute approximate surface area is 121 Å².